The number of alkyl halides is 3. The summed E-state index contributed by atoms with van der Waals surface area (Å²) in [5, 5.41) is 12.4. The van der Waals surface area contributed by atoms with Crippen LogP contribution < -0.4 is 10.1 Å². The molecule has 2 rings (SSSR count). The third kappa shape index (κ3) is 7.38. The van der Waals surface area contributed by atoms with Crippen molar-refractivity contribution in [2.45, 2.75) is 44.4 Å². The molecule has 0 aromatic heterocycles. The van der Waals surface area contributed by atoms with Gasteiger partial charge in [-0.15, -0.1) is 0 Å². The van der Waals surface area contributed by atoms with Crippen molar-refractivity contribution >= 4 is 11.8 Å². The van der Waals surface area contributed by atoms with Crippen molar-refractivity contribution < 1.29 is 32.6 Å². The molecule has 1 aromatic carbocycles. The highest BCUT2D eigenvalue weighted by atomic mass is 19.4. The number of nitrogens with zero attached hydrogens (tertiary/aromatic N) is 1. The van der Waals surface area contributed by atoms with Crippen molar-refractivity contribution in [3.8, 4) is 5.75 Å². The normalized spacial score (nSPS) is 16.9. The fraction of sp³-hybridized carbons (Fsp3) is 0.579. The molecule has 0 radical (unpaired) electrons. The summed E-state index contributed by atoms with van der Waals surface area (Å²) < 4.78 is 43.2. The minimum absolute atomic E-state index is 0.0218. The van der Waals surface area contributed by atoms with E-state index in [1.54, 1.807) is 0 Å². The lowest BCUT2D eigenvalue weighted by Crippen LogP contribution is -2.44. The van der Waals surface area contributed by atoms with E-state index in [2.05, 4.69) is 5.32 Å². The van der Waals surface area contributed by atoms with Gasteiger partial charge in [0, 0.05) is 19.5 Å². The fourth-order valence-electron chi connectivity index (χ4n) is 2.86. The Morgan fingerprint density at radius 1 is 1.25 bits per heavy atom. The van der Waals surface area contributed by atoms with Crippen LogP contribution in [0.3, 0.4) is 0 Å². The first-order chi connectivity index (χ1) is 13.3. The molecule has 1 atom stereocenters. The number of nitrogens with one attached hydrogen (secondary N) is 1. The van der Waals surface area contributed by atoms with Crippen LogP contribution in [0.15, 0.2) is 24.3 Å². The van der Waals surface area contributed by atoms with Gasteiger partial charge < -0.3 is 20.1 Å². The smallest absolute Gasteiger partial charge is 0.416 e. The highest BCUT2D eigenvalue weighted by Crippen LogP contribution is 2.31. The molecular weight excluding hydrogens is 377 g/mol. The van der Waals surface area contributed by atoms with Gasteiger partial charge in [0.15, 0.2) is 0 Å². The Labute approximate surface area is 161 Å². The standard InChI is InChI=1S/C19H25F3N2O4/c20-19(21,22)14-6-5-7-16(10-14)28-13-15(25)11-23-17(26)12-24-9-4-2-1-3-8-18(24)27/h5-7,10,15,25H,1-4,8-9,11-13H2,(H,23,26). The Balaban J connectivity index is 1.73. The number of rotatable bonds is 7. The van der Waals surface area contributed by atoms with Gasteiger partial charge in [-0.25, -0.2) is 0 Å². The Bertz CT molecular complexity index is 667. The van der Waals surface area contributed by atoms with Crippen molar-refractivity contribution in [3.05, 3.63) is 29.8 Å². The lowest BCUT2D eigenvalue weighted by Gasteiger charge is -2.24. The molecule has 156 valence electrons. The van der Waals surface area contributed by atoms with Gasteiger partial charge in [0.1, 0.15) is 18.5 Å². The Hall–Kier alpha value is -2.29. The zero-order valence-corrected chi connectivity index (χ0v) is 15.5. The summed E-state index contributed by atoms with van der Waals surface area (Å²) in [5.41, 5.74) is -0.842. The number of aliphatic hydroxyl groups excluding tert-OH is 1. The molecule has 1 unspecified atom stereocenters. The number of hydrogen-bond acceptors (Lipinski definition) is 4. The number of halogens is 3. The Morgan fingerprint density at radius 3 is 2.75 bits per heavy atom. The average molecular weight is 402 g/mol. The molecule has 1 aliphatic heterocycles. The first-order valence-corrected chi connectivity index (χ1v) is 9.28. The monoisotopic (exact) mass is 402 g/mol. The molecule has 0 bridgehead atoms. The summed E-state index contributed by atoms with van der Waals surface area (Å²) in [6.45, 7) is 0.0670. The summed E-state index contributed by atoms with van der Waals surface area (Å²) in [6.07, 6.45) is -1.42. The molecule has 6 nitrogen and oxygen atoms in total. The van der Waals surface area contributed by atoms with Crippen LogP contribution in [0.4, 0.5) is 13.2 Å². The zero-order chi connectivity index (χ0) is 20.6. The molecule has 1 heterocycles. The second-order valence-corrected chi connectivity index (χ2v) is 6.77. The lowest BCUT2D eigenvalue weighted by atomic mass is 10.1. The highest BCUT2D eigenvalue weighted by Gasteiger charge is 2.30. The van der Waals surface area contributed by atoms with E-state index in [1.165, 1.54) is 17.0 Å². The summed E-state index contributed by atoms with van der Waals surface area (Å²) in [6, 6.07) is 4.34. The molecule has 0 spiro atoms. The summed E-state index contributed by atoms with van der Waals surface area (Å²) in [4.78, 5) is 25.5. The number of carbonyl (C=O) groups is 2. The molecule has 1 aliphatic rings. The van der Waals surface area contributed by atoms with Gasteiger partial charge in [-0.3, -0.25) is 9.59 Å². The first kappa shape index (κ1) is 22.0. The topological polar surface area (TPSA) is 78.9 Å². The SMILES string of the molecule is O=C(CN1CCCCCCC1=O)NCC(O)COc1cccc(C(F)(F)F)c1. The second-order valence-electron chi connectivity index (χ2n) is 6.77. The molecule has 2 N–H and O–H groups in total. The number of carbonyl (C=O) groups excluding carboxylic acids is 2. The van der Waals surface area contributed by atoms with E-state index in [9.17, 15) is 27.9 Å². The minimum atomic E-state index is -4.48. The zero-order valence-electron chi connectivity index (χ0n) is 15.5. The van der Waals surface area contributed by atoms with Crippen molar-refractivity contribution in [3.63, 3.8) is 0 Å². The van der Waals surface area contributed by atoms with Crippen molar-refractivity contribution in [2.24, 2.45) is 0 Å². The molecule has 28 heavy (non-hydrogen) atoms. The van der Waals surface area contributed by atoms with E-state index in [0.29, 0.717) is 13.0 Å². The summed E-state index contributed by atoms with van der Waals surface area (Å²) in [5.74, 6) is -0.471. The van der Waals surface area contributed by atoms with Crippen molar-refractivity contribution in [2.75, 3.05) is 26.2 Å². The van der Waals surface area contributed by atoms with Crippen LogP contribution in [0.5, 0.6) is 5.75 Å². The molecular formula is C19H25F3N2O4. The van der Waals surface area contributed by atoms with E-state index in [4.69, 9.17) is 4.74 Å². The van der Waals surface area contributed by atoms with Crippen LogP contribution in [-0.4, -0.2) is 54.2 Å². The average Bonchev–Trinajstić information content (AvgIpc) is 2.64. The van der Waals surface area contributed by atoms with E-state index < -0.39 is 23.8 Å². The highest BCUT2D eigenvalue weighted by molar-refractivity contribution is 5.84. The predicted octanol–water partition coefficient (Wildman–Crippen LogP) is 2.35. The Kier molecular flexibility index (Phi) is 8.10. The van der Waals surface area contributed by atoms with Crippen LogP contribution in [0.25, 0.3) is 0 Å². The maximum absolute atomic E-state index is 12.7. The maximum atomic E-state index is 12.7. The van der Waals surface area contributed by atoms with E-state index in [-0.39, 0.29) is 31.4 Å². The van der Waals surface area contributed by atoms with Gasteiger partial charge in [-0.05, 0) is 31.0 Å². The van der Waals surface area contributed by atoms with Crippen LogP contribution >= 0.6 is 0 Å². The third-order valence-corrected chi connectivity index (χ3v) is 4.39. The largest absolute Gasteiger partial charge is 0.491 e. The van der Waals surface area contributed by atoms with Crippen molar-refractivity contribution in [1.29, 1.82) is 0 Å². The molecule has 0 aliphatic carbocycles. The maximum Gasteiger partial charge on any atom is 0.416 e. The second kappa shape index (κ2) is 10.3. The van der Waals surface area contributed by atoms with E-state index in [1.807, 2.05) is 0 Å². The summed E-state index contributed by atoms with van der Waals surface area (Å²) >= 11 is 0. The van der Waals surface area contributed by atoms with Gasteiger partial charge in [0.05, 0.1) is 12.1 Å². The molecule has 0 saturated carbocycles. The van der Waals surface area contributed by atoms with Crippen molar-refractivity contribution in [1.82, 2.24) is 10.2 Å². The predicted molar refractivity (Wildman–Crippen MR) is 95.6 cm³/mol. The Morgan fingerprint density at radius 2 is 2.00 bits per heavy atom. The van der Waals surface area contributed by atoms with Crippen LogP contribution in [-0.2, 0) is 15.8 Å². The van der Waals surface area contributed by atoms with Crippen LogP contribution in [0.2, 0.25) is 0 Å². The number of aliphatic hydroxyl groups is 1. The van der Waals surface area contributed by atoms with E-state index in [0.717, 1.165) is 37.8 Å². The van der Waals surface area contributed by atoms with E-state index >= 15 is 0 Å². The lowest BCUT2D eigenvalue weighted by molar-refractivity contribution is -0.137. The number of hydrogen-bond donors (Lipinski definition) is 2. The minimum Gasteiger partial charge on any atom is -0.491 e. The van der Waals surface area contributed by atoms with Gasteiger partial charge >= 0.3 is 6.18 Å². The number of benzene rings is 1. The number of ether oxygens (including phenoxy) is 1. The molecule has 1 saturated heterocycles. The fourth-order valence-corrected chi connectivity index (χ4v) is 2.86. The molecule has 2 amide bonds. The number of amides is 2. The van der Waals surface area contributed by atoms with Gasteiger partial charge in [-0.2, -0.15) is 13.2 Å². The van der Waals surface area contributed by atoms with Crippen LogP contribution in [0, 0.1) is 0 Å². The summed E-state index contributed by atoms with van der Waals surface area (Å²) in [7, 11) is 0. The number of likely N-dealkylation sites (tertiary alicyclic amines) is 1. The quantitative estimate of drug-likeness (QED) is 0.734. The van der Waals surface area contributed by atoms with Gasteiger partial charge in [-0.1, -0.05) is 18.9 Å². The molecule has 1 aromatic rings. The first-order valence-electron chi connectivity index (χ1n) is 9.28. The van der Waals surface area contributed by atoms with Gasteiger partial charge in [0.2, 0.25) is 11.8 Å². The molecule has 1 fully saturated rings. The third-order valence-electron chi connectivity index (χ3n) is 4.39. The molecule has 9 heteroatoms. The van der Waals surface area contributed by atoms with Crippen LogP contribution in [0.1, 0.15) is 37.7 Å². The van der Waals surface area contributed by atoms with Gasteiger partial charge in [0.25, 0.3) is 0 Å².